The third-order valence-corrected chi connectivity index (χ3v) is 6.00. The fourth-order valence-electron chi connectivity index (χ4n) is 4.27. The SMILES string of the molecule is O=C(c1cocn1)N1CCN(C2CC(=O)N(c3ccc(Oc4ccccc4)cc3)C2)CC1. The summed E-state index contributed by atoms with van der Waals surface area (Å²) in [7, 11) is 0. The Morgan fingerprint density at radius 2 is 1.69 bits per heavy atom. The Labute approximate surface area is 186 Å². The summed E-state index contributed by atoms with van der Waals surface area (Å²) in [4.78, 5) is 35.0. The first kappa shape index (κ1) is 20.3. The lowest BCUT2D eigenvalue weighted by atomic mass is 10.2. The second kappa shape index (κ2) is 8.84. The number of ether oxygens (including phenoxy) is 1. The maximum Gasteiger partial charge on any atom is 0.275 e. The van der Waals surface area contributed by atoms with Gasteiger partial charge in [0.25, 0.3) is 5.91 Å². The van der Waals surface area contributed by atoms with E-state index in [9.17, 15) is 9.59 Å². The molecular formula is C24H24N4O4. The van der Waals surface area contributed by atoms with Gasteiger partial charge in [-0.2, -0.15) is 0 Å². The lowest BCUT2D eigenvalue weighted by Gasteiger charge is -2.37. The summed E-state index contributed by atoms with van der Waals surface area (Å²) in [6, 6.07) is 17.4. The summed E-state index contributed by atoms with van der Waals surface area (Å²) in [6.07, 6.45) is 3.13. The Kier molecular flexibility index (Phi) is 5.60. The van der Waals surface area contributed by atoms with Crippen LogP contribution in [0.2, 0.25) is 0 Å². The third kappa shape index (κ3) is 4.22. The first-order valence-electron chi connectivity index (χ1n) is 10.7. The third-order valence-electron chi connectivity index (χ3n) is 6.00. The van der Waals surface area contributed by atoms with Crippen molar-refractivity contribution in [2.75, 3.05) is 37.6 Å². The average molecular weight is 432 g/mol. The minimum Gasteiger partial charge on any atom is -0.457 e. The maximum absolute atomic E-state index is 12.7. The van der Waals surface area contributed by atoms with Crippen molar-refractivity contribution in [3.05, 3.63) is 72.9 Å². The molecule has 3 aromatic rings. The van der Waals surface area contributed by atoms with Crippen molar-refractivity contribution >= 4 is 17.5 Å². The number of piperazine rings is 1. The Morgan fingerprint density at radius 3 is 2.38 bits per heavy atom. The molecule has 2 fully saturated rings. The van der Waals surface area contributed by atoms with Crippen molar-refractivity contribution in [1.82, 2.24) is 14.8 Å². The minimum atomic E-state index is -0.111. The molecule has 0 spiro atoms. The van der Waals surface area contributed by atoms with Crippen molar-refractivity contribution in [3.8, 4) is 11.5 Å². The van der Waals surface area contributed by atoms with Crippen LogP contribution in [0, 0.1) is 0 Å². The molecule has 0 N–H and O–H groups in total. The Morgan fingerprint density at radius 1 is 0.969 bits per heavy atom. The number of carbonyl (C=O) groups excluding carboxylic acids is 2. The molecule has 1 unspecified atom stereocenters. The highest BCUT2D eigenvalue weighted by molar-refractivity contribution is 5.96. The normalized spacial score (nSPS) is 19.4. The monoisotopic (exact) mass is 432 g/mol. The zero-order valence-corrected chi connectivity index (χ0v) is 17.6. The van der Waals surface area contributed by atoms with E-state index < -0.39 is 0 Å². The second-order valence-electron chi connectivity index (χ2n) is 7.97. The molecule has 8 heteroatoms. The smallest absolute Gasteiger partial charge is 0.275 e. The minimum absolute atomic E-state index is 0.111. The molecule has 164 valence electrons. The number of oxazole rings is 1. The Balaban J connectivity index is 1.17. The highest BCUT2D eigenvalue weighted by Gasteiger charge is 2.36. The number of nitrogens with zero attached hydrogens (tertiary/aromatic N) is 4. The number of amides is 2. The van der Waals surface area contributed by atoms with E-state index in [0.29, 0.717) is 31.7 Å². The quantitative estimate of drug-likeness (QED) is 0.617. The summed E-state index contributed by atoms with van der Waals surface area (Å²) >= 11 is 0. The van der Waals surface area contributed by atoms with Crippen LogP contribution in [0.4, 0.5) is 5.69 Å². The summed E-state index contributed by atoms with van der Waals surface area (Å²) in [6.45, 7) is 3.34. The van der Waals surface area contributed by atoms with Crippen LogP contribution in [-0.2, 0) is 4.79 Å². The van der Waals surface area contributed by atoms with E-state index in [1.165, 1.54) is 12.7 Å². The van der Waals surface area contributed by atoms with Gasteiger partial charge in [0.05, 0.1) is 0 Å². The Hall–Kier alpha value is -3.65. The number of benzene rings is 2. The van der Waals surface area contributed by atoms with Crippen molar-refractivity contribution < 1.29 is 18.7 Å². The van der Waals surface area contributed by atoms with Crippen molar-refractivity contribution in [3.63, 3.8) is 0 Å². The first-order chi connectivity index (χ1) is 15.7. The van der Waals surface area contributed by atoms with E-state index >= 15 is 0 Å². The van der Waals surface area contributed by atoms with Gasteiger partial charge in [-0.05, 0) is 36.4 Å². The topological polar surface area (TPSA) is 79.1 Å². The summed E-state index contributed by atoms with van der Waals surface area (Å²) < 4.78 is 10.8. The maximum atomic E-state index is 12.7. The largest absolute Gasteiger partial charge is 0.457 e. The van der Waals surface area contributed by atoms with Crippen molar-refractivity contribution in [2.24, 2.45) is 0 Å². The lowest BCUT2D eigenvalue weighted by Crippen LogP contribution is -2.52. The fourth-order valence-corrected chi connectivity index (χ4v) is 4.27. The highest BCUT2D eigenvalue weighted by atomic mass is 16.5. The molecule has 32 heavy (non-hydrogen) atoms. The number of rotatable bonds is 5. The van der Waals surface area contributed by atoms with Gasteiger partial charge in [0.1, 0.15) is 17.8 Å². The van der Waals surface area contributed by atoms with Gasteiger partial charge in [0, 0.05) is 50.9 Å². The van der Waals surface area contributed by atoms with E-state index in [1.807, 2.05) is 59.5 Å². The summed E-state index contributed by atoms with van der Waals surface area (Å²) in [5.41, 5.74) is 1.21. The summed E-state index contributed by atoms with van der Waals surface area (Å²) in [5.74, 6) is 1.52. The first-order valence-corrected chi connectivity index (χ1v) is 10.7. The molecule has 1 aromatic heterocycles. The number of anilines is 1. The van der Waals surface area contributed by atoms with Crippen LogP contribution in [0.3, 0.4) is 0 Å². The molecule has 1 atom stereocenters. The molecule has 2 amide bonds. The van der Waals surface area contributed by atoms with E-state index in [1.54, 1.807) is 4.90 Å². The van der Waals surface area contributed by atoms with Crippen LogP contribution in [0.1, 0.15) is 16.9 Å². The molecule has 0 aliphatic carbocycles. The molecule has 2 saturated heterocycles. The lowest BCUT2D eigenvalue weighted by molar-refractivity contribution is -0.117. The predicted octanol–water partition coefficient (Wildman–Crippen LogP) is 3.03. The molecule has 2 aromatic carbocycles. The van der Waals surface area contributed by atoms with Crippen LogP contribution >= 0.6 is 0 Å². The molecule has 8 nitrogen and oxygen atoms in total. The second-order valence-corrected chi connectivity index (χ2v) is 7.97. The van der Waals surface area contributed by atoms with Gasteiger partial charge in [0.15, 0.2) is 12.1 Å². The average Bonchev–Trinajstić information content (AvgIpc) is 3.50. The molecular weight excluding hydrogens is 408 g/mol. The summed E-state index contributed by atoms with van der Waals surface area (Å²) in [5, 5.41) is 0. The number of para-hydroxylation sites is 1. The highest BCUT2D eigenvalue weighted by Crippen LogP contribution is 2.28. The standard InChI is InChI=1S/C24H24N4O4/c29-23-14-19(26-10-12-27(13-11-26)24(30)22-16-31-17-25-22)15-28(23)18-6-8-21(9-7-18)32-20-4-2-1-3-5-20/h1-9,16-17,19H,10-15H2. The molecule has 5 rings (SSSR count). The molecule has 0 saturated carbocycles. The zero-order valence-electron chi connectivity index (χ0n) is 17.6. The fraction of sp³-hybridized carbons (Fsp3) is 0.292. The molecule has 3 heterocycles. The molecule has 2 aliphatic heterocycles. The molecule has 0 bridgehead atoms. The van der Waals surface area contributed by atoms with E-state index in [0.717, 1.165) is 30.3 Å². The number of aromatic nitrogens is 1. The van der Waals surface area contributed by atoms with Crippen LogP contribution in [0.5, 0.6) is 11.5 Å². The van der Waals surface area contributed by atoms with Gasteiger partial charge in [-0.15, -0.1) is 0 Å². The molecule has 0 radical (unpaired) electrons. The van der Waals surface area contributed by atoms with Gasteiger partial charge in [-0.1, -0.05) is 18.2 Å². The van der Waals surface area contributed by atoms with Gasteiger partial charge < -0.3 is 19.0 Å². The van der Waals surface area contributed by atoms with Gasteiger partial charge in [-0.25, -0.2) is 4.98 Å². The van der Waals surface area contributed by atoms with E-state index in [-0.39, 0.29) is 17.9 Å². The Bertz CT molecular complexity index is 1060. The van der Waals surface area contributed by atoms with Crippen molar-refractivity contribution in [2.45, 2.75) is 12.5 Å². The van der Waals surface area contributed by atoms with Crippen LogP contribution in [0.15, 0.2) is 71.7 Å². The zero-order chi connectivity index (χ0) is 21.9. The molecule has 2 aliphatic rings. The van der Waals surface area contributed by atoms with Gasteiger partial charge in [0.2, 0.25) is 5.91 Å². The number of carbonyl (C=O) groups is 2. The number of hydrogen-bond acceptors (Lipinski definition) is 6. The van der Waals surface area contributed by atoms with Crippen LogP contribution in [0.25, 0.3) is 0 Å². The predicted molar refractivity (Wildman–Crippen MR) is 118 cm³/mol. The van der Waals surface area contributed by atoms with Crippen LogP contribution in [-0.4, -0.2) is 65.4 Å². The number of hydrogen-bond donors (Lipinski definition) is 0. The van der Waals surface area contributed by atoms with Gasteiger partial charge >= 0.3 is 0 Å². The van der Waals surface area contributed by atoms with E-state index in [4.69, 9.17) is 9.15 Å². The van der Waals surface area contributed by atoms with Gasteiger partial charge in [-0.3, -0.25) is 14.5 Å². The van der Waals surface area contributed by atoms with Crippen molar-refractivity contribution in [1.29, 1.82) is 0 Å². The van der Waals surface area contributed by atoms with E-state index in [2.05, 4.69) is 9.88 Å². The van der Waals surface area contributed by atoms with Crippen LogP contribution < -0.4 is 9.64 Å².